The highest BCUT2D eigenvalue weighted by atomic mass is 19.4. The first kappa shape index (κ1) is 27.5. The molecular formula is C27H25F4N5O4. The number of aliphatic hydroxyl groups is 1. The molecular weight excluding hydrogens is 534 g/mol. The minimum Gasteiger partial charge on any atom is -0.481 e. The van der Waals surface area contributed by atoms with E-state index in [0.717, 1.165) is 42.4 Å². The third-order valence-electron chi connectivity index (χ3n) is 6.78. The van der Waals surface area contributed by atoms with Crippen LogP contribution in [0.1, 0.15) is 36.6 Å². The molecule has 2 aromatic carbocycles. The van der Waals surface area contributed by atoms with E-state index >= 15 is 0 Å². The number of carboxylic acids is 1. The van der Waals surface area contributed by atoms with E-state index in [0.29, 0.717) is 24.2 Å². The van der Waals surface area contributed by atoms with Gasteiger partial charge in [-0.2, -0.15) is 23.3 Å². The molecule has 40 heavy (non-hydrogen) atoms. The van der Waals surface area contributed by atoms with Gasteiger partial charge >= 0.3 is 12.1 Å². The van der Waals surface area contributed by atoms with Gasteiger partial charge in [0.25, 0.3) is 5.89 Å². The zero-order valence-corrected chi connectivity index (χ0v) is 21.1. The fourth-order valence-corrected chi connectivity index (χ4v) is 4.85. The largest absolute Gasteiger partial charge is 0.481 e. The van der Waals surface area contributed by atoms with Crippen LogP contribution in [0.2, 0.25) is 0 Å². The van der Waals surface area contributed by atoms with Crippen molar-refractivity contribution < 1.29 is 37.1 Å². The van der Waals surface area contributed by atoms with Crippen molar-refractivity contribution in [2.75, 3.05) is 19.6 Å². The Hall–Kier alpha value is -4.10. The summed E-state index contributed by atoms with van der Waals surface area (Å²) in [4.78, 5) is 17.2. The van der Waals surface area contributed by atoms with Crippen molar-refractivity contribution in [2.24, 2.45) is 5.92 Å². The lowest BCUT2D eigenvalue weighted by molar-refractivity contribution is -0.141. The summed E-state index contributed by atoms with van der Waals surface area (Å²) in [6.07, 6.45) is -2.72. The summed E-state index contributed by atoms with van der Waals surface area (Å²) in [5.74, 6) is -1.66. The van der Waals surface area contributed by atoms with Gasteiger partial charge in [-0.05, 0) is 55.1 Å². The molecule has 1 aliphatic rings. The molecule has 0 radical (unpaired) electrons. The molecule has 3 heterocycles. The minimum atomic E-state index is -4.81. The van der Waals surface area contributed by atoms with Crippen LogP contribution in [0.3, 0.4) is 0 Å². The van der Waals surface area contributed by atoms with E-state index < -0.39 is 35.3 Å². The second kappa shape index (κ2) is 11.2. The van der Waals surface area contributed by atoms with Gasteiger partial charge in [0.1, 0.15) is 5.82 Å². The standard InChI is InChI=1S/C27H25F4N5O4/c28-19-7-9-20(10-8-19)36-14-21(24(33-36)27(29,30)31)26-32-25(34-40-26)18-5-3-17(4-6-18)22(37)15-35-11-1-2-16(13-35)12-23(38)39/h3-10,14,16,22,37H,1-2,11-13,15H2,(H,38,39). The van der Waals surface area contributed by atoms with E-state index in [1.165, 1.54) is 12.1 Å². The van der Waals surface area contributed by atoms with Crippen LogP contribution >= 0.6 is 0 Å². The maximum atomic E-state index is 13.7. The Morgan fingerprint density at radius 1 is 1.12 bits per heavy atom. The van der Waals surface area contributed by atoms with Crippen LogP contribution in [0, 0.1) is 11.7 Å². The Bertz CT molecular complexity index is 1470. The monoisotopic (exact) mass is 559 g/mol. The molecule has 13 heteroatoms. The molecule has 1 saturated heterocycles. The van der Waals surface area contributed by atoms with Gasteiger partial charge in [-0.25, -0.2) is 9.07 Å². The van der Waals surface area contributed by atoms with Gasteiger partial charge in [-0.1, -0.05) is 29.4 Å². The van der Waals surface area contributed by atoms with Crippen LogP contribution in [0.15, 0.2) is 59.3 Å². The summed E-state index contributed by atoms with van der Waals surface area (Å²) in [6, 6.07) is 11.4. The second-order valence-corrected chi connectivity index (χ2v) is 9.74. The maximum Gasteiger partial charge on any atom is 0.435 e. The van der Waals surface area contributed by atoms with Gasteiger partial charge in [0.05, 0.1) is 17.4 Å². The molecule has 0 saturated carbocycles. The number of aliphatic carboxylic acids is 1. The number of carboxylic acid groups (broad SMARTS) is 1. The van der Waals surface area contributed by atoms with E-state index in [4.69, 9.17) is 9.63 Å². The van der Waals surface area contributed by atoms with Crippen molar-refractivity contribution in [3.8, 4) is 28.5 Å². The number of piperidine rings is 1. The first-order valence-electron chi connectivity index (χ1n) is 12.6. The topological polar surface area (TPSA) is 118 Å². The molecule has 1 aliphatic heterocycles. The second-order valence-electron chi connectivity index (χ2n) is 9.74. The fraction of sp³-hybridized carbons (Fsp3) is 0.333. The number of β-amino-alcohol motifs (C(OH)–C–C–N with tert-alkyl or cyclic N) is 1. The van der Waals surface area contributed by atoms with Crippen molar-refractivity contribution in [2.45, 2.75) is 31.5 Å². The zero-order chi connectivity index (χ0) is 28.4. The van der Waals surface area contributed by atoms with Crippen LogP contribution in [-0.2, 0) is 11.0 Å². The number of likely N-dealkylation sites (tertiary alicyclic amines) is 1. The fourth-order valence-electron chi connectivity index (χ4n) is 4.85. The molecule has 1 fully saturated rings. The number of hydrogen-bond acceptors (Lipinski definition) is 7. The lowest BCUT2D eigenvalue weighted by atomic mass is 9.94. The maximum absolute atomic E-state index is 13.7. The number of halogens is 4. The molecule has 2 N–H and O–H groups in total. The molecule has 0 bridgehead atoms. The predicted octanol–water partition coefficient (Wildman–Crippen LogP) is 4.97. The number of hydrogen-bond donors (Lipinski definition) is 2. The molecule has 5 rings (SSSR count). The average molecular weight is 560 g/mol. The number of alkyl halides is 3. The molecule has 0 aliphatic carbocycles. The highest BCUT2D eigenvalue weighted by molar-refractivity contribution is 5.67. The van der Waals surface area contributed by atoms with Crippen LogP contribution in [0.25, 0.3) is 28.5 Å². The Labute approximate surface area is 225 Å². The normalized spacial score (nSPS) is 17.2. The molecule has 0 spiro atoms. The van der Waals surface area contributed by atoms with Gasteiger partial charge < -0.3 is 19.6 Å². The summed E-state index contributed by atoms with van der Waals surface area (Å²) in [5.41, 5.74) is -0.356. The van der Waals surface area contributed by atoms with Crippen molar-refractivity contribution in [1.29, 1.82) is 0 Å². The molecule has 2 aromatic heterocycles. The lowest BCUT2D eigenvalue weighted by Crippen LogP contribution is -2.38. The van der Waals surface area contributed by atoms with E-state index in [-0.39, 0.29) is 29.7 Å². The number of benzene rings is 2. The Morgan fingerprint density at radius 2 is 1.85 bits per heavy atom. The lowest BCUT2D eigenvalue weighted by Gasteiger charge is -2.33. The zero-order valence-electron chi connectivity index (χ0n) is 21.1. The Kier molecular flexibility index (Phi) is 7.68. The number of nitrogens with zero attached hydrogens (tertiary/aromatic N) is 5. The highest BCUT2D eigenvalue weighted by Gasteiger charge is 2.39. The van der Waals surface area contributed by atoms with Crippen LogP contribution < -0.4 is 0 Å². The SMILES string of the molecule is O=C(O)CC1CCCN(CC(O)c2ccc(-c3noc(-c4cn(-c5ccc(F)cc5)nc4C(F)(F)F)n3)cc2)C1. The van der Waals surface area contributed by atoms with Crippen LogP contribution in [-0.4, -0.2) is 60.6 Å². The van der Waals surface area contributed by atoms with Crippen molar-refractivity contribution >= 4 is 5.97 Å². The Morgan fingerprint density at radius 3 is 2.52 bits per heavy atom. The summed E-state index contributed by atoms with van der Waals surface area (Å²) >= 11 is 0. The van der Waals surface area contributed by atoms with Gasteiger partial charge in [0, 0.05) is 31.3 Å². The summed E-state index contributed by atoms with van der Waals surface area (Å²) in [6.45, 7) is 1.72. The first-order valence-corrected chi connectivity index (χ1v) is 12.6. The number of rotatable bonds is 8. The predicted molar refractivity (Wildman–Crippen MR) is 134 cm³/mol. The molecule has 2 unspecified atom stereocenters. The molecule has 9 nitrogen and oxygen atoms in total. The van der Waals surface area contributed by atoms with E-state index in [1.807, 2.05) is 4.90 Å². The van der Waals surface area contributed by atoms with Crippen molar-refractivity contribution in [3.63, 3.8) is 0 Å². The van der Waals surface area contributed by atoms with Crippen LogP contribution in [0.4, 0.5) is 17.6 Å². The van der Waals surface area contributed by atoms with Crippen molar-refractivity contribution in [3.05, 3.63) is 71.8 Å². The summed E-state index contributed by atoms with van der Waals surface area (Å²) in [5, 5.41) is 27.2. The van der Waals surface area contributed by atoms with Gasteiger partial charge in [-0.3, -0.25) is 4.79 Å². The number of aromatic nitrogens is 4. The molecule has 2 atom stereocenters. The first-order chi connectivity index (χ1) is 19.1. The summed E-state index contributed by atoms with van der Waals surface area (Å²) in [7, 11) is 0. The van der Waals surface area contributed by atoms with Gasteiger partial charge in [-0.15, -0.1) is 0 Å². The third kappa shape index (κ3) is 6.20. The third-order valence-corrected chi connectivity index (χ3v) is 6.78. The number of aliphatic hydroxyl groups excluding tert-OH is 1. The van der Waals surface area contributed by atoms with E-state index in [1.54, 1.807) is 24.3 Å². The van der Waals surface area contributed by atoms with E-state index in [2.05, 4.69) is 15.2 Å². The molecule has 4 aromatic rings. The van der Waals surface area contributed by atoms with Gasteiger partial charge in [0.15, 0.2) is 5.69 Å². The minimum absolute atomic E-state index is 0.0474. The molecule has 0 amide bonds. The van der Waals surface area contributed by atoms with Crippen molar-refractivity contribution in [1.82, 2.24) is 24.8 Å². The Balaban J connectivity index is 1.31. The average Bonchev–Trinajstić information content (AvgIpc) is 3.57. The number of carbonyl (C=O) groups is 1. The van der Waals surface area contributed by atoms with Gasteiger partial charge in [0.2, 0.25) is 5.82 Å². The summed E-state index contributed by atoms with van der Waals surface area (Å²) < 4.78 is 60.6. The quantitative estimate of drug-likeness (QED) is 0.291. The van der Waals surface area contributed by atoms with Crippen LogP contribution in [0.5, 0.6) is 0 Å². The smallest absolute Gasteiger partial charge is 0.435 e. The highest BCUT2D eigenvalue weighted by Crippen LogP contribution is 2.37. The van der Waals surface area contributed by atoms with E-state index in [9.17, 15) is 27.5 Å². The molecule has 210 valence electrons.